The predicted molar refractivity (Wildman–Crippen MR) is 71.9 cm³/mol. The van der Waals surface area contributed by atoms with Gasteiger partial charge in [-0.2, -0.15) is 0 Å². The zero-order chi connectivity index (χ0) is 12.5. The van der Waals surface area contributed by atoms with Crippen LogP contribution in [0.2, 0.25) is 0 Å². The minimum Gasteiger partial charge on any atom is -0.252 e. The summed E-state index contributed by atoms with van der Waals surface area (Å²) in [5.74, 6) is 0.838. The molecule has 1 rings (SSSR count). The van der Waals surface area contributed by atoms with E-state index in [1.165, 1.54) is 38.5 Å². The van der Waals surface area contributed by atoms with Crippen molar-refractivity contribution in [3.63, 3.8) is 0 Å². The van der Waals surface area contributed by atoms with E-state index in [-0.39, 0.29) is 0 Å². The average molecular weight is 237 g/mol. The molecule has 98 valence electrons. The van der Waals surface area contributed by atoms with Gasteiger partial charge in [-0.25, -0.2) is 0 Å². The molecule has 0 saturated heterocycles. The Labute approximate surface area is 106 Å². The quantitative estimate of drug-likeness (QED) is 0.611. The number of aryl methyl sites for hydroxylation is 2. The smallest absolute Gasteiger partial charge is 0.0827 e. The third-order valence-corrected chi connectivity index (χ3v) is 3.04. The fourth-order valence-corrected chi connectivity index (χ4v) is 1.92. The van der Waals surface area contributed by atoms with Crippen LogP contribution in [0.15, 0.2) is 6.20 Å². The van der Waals surface area contributed by atoms with Crippen LogP contribution in [0.25, 0.3) is 0 Å². The van der Waals surface area contributed by atoms with Crippen molar-refractivity contribution in [1.82, 2.24) is 15.0 Å². The first-order chi connectivity index (χ1) is 8.22. The molecular weight excluding hydrogens is 210 g/mol. The summed E-state index contributed by atoms with van der Waals surface area (Å²) >= 11 is 0. The standard InChI is InChI=1S/C14H27N3/c1-4-5-11-17-12-14(15-16-17)10-8-6-7-9-13(2)3/h12-13H,4-11H2,1-3H3. The molecule has 0 aliphatic heterocycles. The van der Waals surface area contributed by atoms with E-state index in [1.54, 1.807) is 0 Å². The second kappa shape index (κ2) is 8.26. The van der Waals surface area contributed by atoms with E-state index >= 15 is 0 Å². The van der Waals surface area contributed by atoms with E-state index in [1.807, 2.05) is 4.68 Å². The van der Waals surface area contributed by atoms with Crippen molar-refractivity contribution in [1.29, 1.82) is 0 Å². The molecule has 0 atom stereocenters. The Balaban J connectivity index is 2.12. The molecule has 0 bridgehead atoms. The van der Waals surface area contributed by atoms with Gasteiger partial charge in [0, 0.05) is 12.7 Å². The van der Waals surface area contributed by atoms with E-state index in [9.17, 15) is 0 Å². The van der Waals surface area contributed by atoms with Crippen molar-refractivity contribution in [2.75, 3.05) is 0 Å². The molecule has 17 heavy (non-hydrogen) atoms. The Morgan fingerprint density at radius 1 is 1.18 bits per heavy atom. The third kappa shape index (κ3) is 6.44. The van der Waals surface area contributed by atoms with E-state index in [4.69, 9.17) is 0 Å². The summed E-state index contributed by atoms with van der Waals surface area (Å²) in [6, 6.07) is 0. The lowest BCUT2D eigenvalue weighted by atomic mass is 10.0. The Morgan fingerprint density at radius 3 is 2.71 bits per heavy atom. The van der Waals surface area contributed by atoms with Gasteiger partial charge < -0.3 is 0 Å². The lowest BCUT2D eigenvalue weighted by Crippen LogP contribution is -1.97. The number of rotatable bonds is 9. The van der Waals surface area contributed by atoms with Crippen LogP contribution in [-0.4, -0.2) is 15.0 Å². The number of unbranched alkanes of at least 4 members (excludes halogenated alkanes) is 3. The number of hydrogen-bond donors (Lipinski definition) is 0. The molecule has 1 aromatic rings. The molecule has 0 unspecified atom stereocenters. The minimum absolute atomic E-state index is 0.838. The number of aromatic nitrogens is 3. The Hall–Kier alpha value is -0.860. The second-order valence-corrected chi connectivity index (χ2v) is 5.32. The maximum Gasteiger partial charge on any atom is 0.0827 e. The van der Waals surface area contributed by atoms with Crippen molar-refractivity contribution in [2.24, 2.45) is 5.92 Å². The molecular formula is C14H27N3. The normalized spacial score (nSPS) is 11.3. The summed E-state index contributed by atoms with van der Waals surface area (Å²) < 4.78 is 1.98. The molecule has 0 aromatic carbocycles. The van der Waals surface area contributed by atoms with E-state index in [0.717, 1.165) is 24.6 Å². The highest BCUT2D eigenvalue weighted by Crippen LogP contribution is 2.10. The molecule has 1 heterocycles. The van der Waals surface area contributed by atoms with E-state index in [2.05, 4.69) is 37.3 Å². The molecule has 0 fully saturated rings. The topological polar surface area (TPSA) is 30.7 Å². The van der Waals surface area contributed by atoms with Gasteiger partial charge in [-0.05, 0) is 25.2 Å². The van der Waals surface area contributed by atoms with Gasteiger partial charge in [0.1, 0.15) is 0 Å². The summed E-state index contributed by atoms with van der Waals surface area (Å²) in [4.78, 5) is 0. The van der Waals surface area contributed by atoms with Crippen LogP contribution in [0.4, 0.5) is 0 Å². The van der Waals surface area contributed by atoms with Gasteiger partial charge in [0.25, 0.3) is 0 Å². The Kier molecular flexibility index (Phi) is 6.90. The first-order valence-electron chi connectivity index (χ1n) is 7.11. The van der Waals surface area contributed by atoms with Crippen LogP contribution >= 0.6 is 0 Å². The first kappa shape index (κ1) is 14.2. The molecule has 0 aliphatic rings. The first-order valence-corrected chi connectivity index (χ1v) is 7.11. The molecule has 0 spiro atoms. The number of hydrogen-bond acceptors (Lipinski definition) is 2. The lowest BCUT2D eigenvalue weighted by molar-refractivity contribution is 0.526. The van der Waals surface area contributed by atoms with Crippen LogP contribution in [0.3, 0.4) is 0 Å². The highest BCUT2D eigenvalue weighted by atomic mass is 15.4. The fraction of sp³-hybridized carbons (Fsp3) is 0.857. The van der Waals surface area contributed by atoms with Crippen molar-refractivity contribution >= 4 is 0 Å². The van der Waals surface area contributed by atoms with E-state index in [0.29, 0.717) is 0 Å². The maximum absolute atomic E-state index is 4.21. The van der Waals surface area contributed by atoms with Crippen LogP contribution in [0, 0.1) is 5.92 Å². The van der Waals surface area contributed by atoms with Crippen molar-refractivity contribution in [3.8, 4) is 0 Å². The summed E-state index contributed by atoms with van der Waals surface area (Å²) in [6.45, 7) is 7.79. The van der Waals surface area contributed by atoms with Gasteiger partial charge in [0.15, 0.2) is 0 Å². The van der Waals surface area contributed by atoms with Gasteiger partial charge in [0.2, 0.25) is 0 Å². The molecule has 0 radical (unpaired) electrons. The average Bonchev–Trinajstić information content (AvgIpc) is 2.73. The van der Waals surface area contributed by atoms with Gasteiger partial charge >= 0.3 is 0 Å². The molecule has 0 N–H and O–H groups in total. The maximum atomic E-state index is 4.21. The lowest BCUT2D eigenvalue weighted by Gasteiger charge is -2.02. The van der Waals surface area contributed by atoms with Gasteiger partial charge in [-0.1, -0.05) is 51.7 Å². The molecule has 0 saturated carbocycles. The minimum atomic E-state index is 0.838. The largest absolute Gasteiger partial charge is 0.252 e. The summed E-state index contributed by atoms with van der Waals surface area (Å²) in [5.41, 5.74) is 1.16. The number of nitrogens with zero attached hydrogens (tertiary/aromatic N) is 3. The fourth-order valence-electron chi connectivity index (χ4n) is 1.92. The van der Waals surface area contributed by atoms with Crippen LogP contribution in [0.1, 0.15) is 65.0 Å². The van der Waals surface area contributed by atoms with Crippen molar-refractivity contribution in [3.05, 3.63) is 11.9 Å². The van der Waals surface area contributed by atoms with Crippen LogP contribution in [0.5, 0.6) is 0 Å². The highest BCUT2D eigenvalue weighted by Gasteiger charge is 2.01. The van der Waals surface area contributed by atoms with Crippen molar-refractivity contribution < 1.29 is 0 Å². The summed E-state index contributed by atoms with van der Waals surface area (Å²) in [6.07, 6.45) is 10.9. The third-order valence-electron chi connectivity index (χ3n) is 3.04. The van der Waals surface area contributed by atoms with Gasteiger partial charge in [-0.15, -0.1) is 5.10 Å². The Bertz CT molecular complexity index is 291. The highest BCUT2D eigenvalue weighted by molar-refractivity contribution is 4.92. The van der Waals surface area contributed by atoms with Crippen LogP contribution in [-0.2, 0) is 13.0 Å². The zero-order valence-corrected chi connectivity index (χ0v) is 11.7. The Morgan fingerprint density at radius 2 is 2.00 bits per heavy atom. The molecule has 0 amide bonds. The summed E-state index contributed by atoms with van der Waals surface area (Å²) in [7, 11) is 0. The molecule has 3 heteroatoms. The predicted octanol–water partition coefficient (Wildman–Crippen LogP) is 3.84. The summed E-state index contributed by atoms with van der Waals surface area (Å²) in [5, 5.41) is 8.36. The monoisotopic (exact) mass is 237 g/mol. The zero-order valence-electron chi connectivity index (χ0n) is 11.7. The van der Waals surface area contributed by atoms with Gasteiger partial charge in [0.05, 0.1) is 5.69 Å². The SMILES string of the molecule is CCCCn1cc(CCCCCC(C)C)nn1. The molecule has 1 aromatic heterocycles. The van der Waals surface area contributed by atoms with E-state index < -0.39 is 0 Å². The second-order valence-electron chi connectivity index (χ2n) is 5.32. The van der Waals surface area contributed by atoms with Crippen molar-refractivity contribution in [2.45, 2.75) is 72.3 Å². The molecule has 0 aliphatic carbocycles. The molecule has 3 nitrogen and oxygen atoms in total. The van der Waals surface area contributed by atoms with Gasteiger partial charge in [-0.3, -0.25) is 4.68 Å². The van der Waals surface area contributed by atoms with Crippen LogP contribution < -0.4 is 0 Å².